The van der Waals surface area contributed by atoms with Crippen molar-refractivity contribution >= 4 is 11.7 Å². The van der Waals surface area contributed by atoms with Crippen LogP contribution in [0.25, 0.3) is 11.4 Å². The second-order valence-electron chi connectivity index (χ2n) is 6.86. The first-order valence-electron chi connectivity index (χ1n) is 9.70. The number of tetrazole rings is 1. The molecule has 2 N–H and O–H groups in total. The number of carbonyl (C=O) groups excluding carboxylic acids is 1. The second-order valence-corrected chi connectivity index (χ2v) is 6.86. The van der Waals surface area contributed by atoms with E-state index in [2.05, 4.69) is 26.0 Å². The van der Waals surface area contributed by atoms with Crippen molar-refractivity contribution in [3.63, 3.8) is 0 Å². The molecule has 8 nitrogen and oxygen atoms in total. The maximum Gasteiger partial charge on any atom is 0.319 e. The van der Waals surface area contributed by atoms with Gasteiger partial charge in [0.2, 0.25) is 5.82 Å². The van der Waals surface area contributed by atoms with E-state index in [1.807, 2.05) is 67.6 Å². The van der Waals surface area contributed by atoms with Crippen LogP contribution < -0.4 is 10.6 Å². The standard InChI is InChI=1S/C22H22N6O2/c1-16(20-8-5-15-30-20)23-22(29)24-19-11-9-17(10-12-19)13-14-28-26-21(25-27-28)18-6-3-2-4-7-18/h2-12,15-16H,13-14H2,1H3,(H2,23,24,29). The molecule has 152 valence electrons. The molecule has 8 heteroatoms. The summed E-state index contributed by atoms with van der Waals surface area (Å²) in [6.07, 6.45) is 2.34. The minimum Gasteiger partial charge on any atom is -0.467 e. The number of hydrogen-bond acceptors (Lipinski definition) is 5. The van der Waals surface area contributed by atoms with Gasteiger partial charge in [0, 0.05) is 11.3 Å². The van der Waals surface area contributed by atoms with E-state index in [0.29, 0.717) is 23.8 Å². The summed E-state index contributed by atoms with van der Waals surface area (Å²) in [7, 11) is 0. The van der Waals surface area contributed by atoms with E-state index in [1.165, 1.54) is 0 Å². The smallest absolute Gasteiger partial charge is 0.319 e. The van der Waals surface area contributed by atoms with Gasteiger partial charge in [0.15, 0.2) is 0 Å². The summed E-state index contributed by atoms with van der Waals surface area (Å²) >= 11 is 0. The van der Waals surface area contributed by atoms with Gasteiger partial charge in [-0.3, -0.25) is 0 Å². The molecule has 0 aliphatic heterocycles. The molecule has 4 aromatic rings. The molecule has 0 bridgehead atoms. The molecule has 0 saturated carbocycles. The van der Waals surface area contributed by atoms with Gasteiger partial charge in [-0.1, -0.05) is 42.5 Å². The maximum absolute atomic E-state index is 12.1. The number of anilines is 1. The number of furan rings is 1. The Labute approximate surface area is 173 Å². The lowest BCUT2D eigenvalue weighted by molar-refractivity contribution is 0.247. The summed E-state index contributed by atoms with van der Waals surface area (Å²) in [5, 5.41) is 18.3. The third kappa shape index (κ3) is 4.91. The lowest BCUT2D eigenvalue weighted by Gasteiger charge is -2.12. The minimum atomic E-state index is -0.285. The predicted molar refractivity (Wildman–Crippen MR) is 113 cm³/mol. The number of urea groups is 1. The van der Waals surface area contributed by atoms with Gasteiger partial charge in [0.1, 0.15) is 5.76 Å². The number of rotatable bonds is 7. The molecule has 2 aromatic heterocycles. The van der Waals surface area contributed by atoms with E-state index >= 15 is 0 Å². The summed E-state index contributed by atoms with van der Waals surface area (Å²) in [4.78, 5) is 13.7. The first-order valence-corrected chi connectivity index (χ1v) is 9.70. The highest BCUT2D eigenvalue weighted by molar-refractivity contribution is 5.89. The molecule has 0 radical (unpaired) electrons. The fourth-order valence-electron chi connectivity index (χ4n) is 3.00. The third-order valence-electron chi connectivity index (χ3n) is 4.61. The number of carbonyl (C=O) groups is 1. The van der Waals surface area contributed by atoms with Gasteiger partial charge in [0.25, 0.3) is 0 Å². The Morgan fingerprint density at radius 3 is 2.60 bits per heavy atom. The summed E-state index contributed by atoms with van der Waals surface area (Å²) in [6, 6.07) is 20.6. The van der Waals surface area contributed by atoms with E-state index in [9.17, 15) is 4.79 Å². The van der Waals surface area contributed by atoms with Crippen LogP contribution in [0.15, 0.2) is 77.4 Å². The average molecular weight is 402 g/mol. The van der Waals surface area contributed by atoms with Gasteiger partial charge in [-0.25, -0.2) is 4.79 Å². The summed E-state index contributed by atoms with van der Waals surface area (Å²) in [5.74, 6) is 1.32. The van der Waals surface area contributed by atoms with Gasteiger partial charge in [-0.2, -0.15) is 4.80 Å². The Bertz CT molecular complexity index is 1070. The summed E-state index contributed by atoms with van der Waals surface area (Å²) < 4.78 is 5.29. The van der Waals surface area contributed by atoms with Crippen LogP contribution in [0.3, 0.4) is 0 Å². The highest BCUT2D eigenvalue weighted by atomic mass is 16.3. The molecule has 0 fully saturated rings. The fourth-order valence-corrected chi connectivity index (χ4v) is 3.00. The number of amides is 2. The van der Waals surface area contributed by atoms with Gasteiger partial charge in [-0.05, 0) is 48.4 Å². The molecule has 0 aliphatic rings. The zero-order valence-corrected chi connectivity index (χ0v) is 16.5. The average Bonchev–Trinajstić information content (AvgIpc) is 3.46. The van der Waals surface area contributed by atoms with E-state index in [0.717, 1.165) is 17.5 Å². The van der Waals surface area contributed by atoms with Gasteiger partial charge in [0.05, 0.1) is 18.8 Å². The molecule has 0 saturated heterocycles. The maximum atomic E-state index is 12.1. The molecule has 1 unspecified atom stereocenters. The van der Waals surface area contributed by atoms with E-state index in [-0.39, 0.29) is 12.1 Å². The molecule has 2 heterocycles. The lowest BCUT2D eigenvalue weighted by Crippen LogP contribution is -2.30. The van der Waals surface area contributed by atoms with E-state index < -0.39 is 0 Å². The molecular formula is C22H22N6O2. The number of nitrogens with zero attached hydrogens (tertiary/aromatic N) is 4. The topological polar surface area (TPSA) is 97.9 Å². The normalized spacial score (nSPS) is 11.8. The quantitative estimate of drug-likeness (QED) is 0.486. The minimum absolute atomic E-state index is 0.213. The zero-order chi connectivity index (χ0) is 20.8. The largest absolute Gasteiger partial charge is 0.467 e. The van der Waals surface area contributed by atoms with Crippen LogP contribution in [0.5, 0.6) is 0 Å². The van der Waals surface area contributed by atoms with Crippen molar-refractivity contribution in [1.82, 2.24) is 25.5 Å². The van der Waals surface area contributed by atoms with Gasteiger partial charge >= 0.3 is 6.03 Å². The molecule has 0 spiro atoms. The number of hydrogen-bond donors (Lipinski definition) is 2. The molecular weight excluding hydrogens is 380 g/mol. The van der Waals surface area contributed by atoms with Crippen molar-refractivity contribution < 1.29 is 9.21 Å². The number of aryl methyl sites for hydroxylation is 2. The van der Waals surface area contributed by atoms with Gasteiger partial charge < -0.3 is 15.1 Å². The fraction of sp³-hybridized carbons (Fsp3) is 0.182. The zero-order valence-electron chi connectivity index (χ0n) is 16.5. The van der Waals surface area contributed by atoms with E-state index in [4.69, 9.17) is 4.42 Å². The number of aromatic nitrogens is 4. The van der Waals surface area contributed by atoms with Crippen molar-refractivity contribution in [2.45, 2.75) is 25.9 Å². The highest BCUT2D eigenvalue weighted by Gasteiger charge is 2.11. The Morgan fingerprint density at radius 1 is 1.07 bits per heavy atom. The van der Waals surface area contributed by atoms with Crippen molar-refractivity contribution in [3.8, 4) is 11.4 Å². The SMILES string of the molecule is CC(NC(=O)Nc1ccc(CCn2nnc(-c3ccccc3)n2)cc1)c1ccco1. The Kier molecular flexibility index (Phi) is 5.84. The lowest BCUT2D eigenvalue weighted by atomic mass is 10.1. The van der Waals surface area contributed by atoms with Crippen LogP contribution in [0.2, 0.25) is 0 Å². The Morgan fingerprint density at radius 2 is 1.87 bits per heavy atom. The van der Waals surface area contributed by atoms with Crippen LogP contribution in [0.4, 0.5) is 10.5 Å². The summed E-state index contributed by atoms with van der Waals surface area (Å²) in [6.45, 7) is 2.48. The molecule has 2 aromatic carbocycles. The molecule has 2 amide bonds. The first kappa shape index (κ1) is 19.4. The molecule has 0 aliphatic carbocycles. The Hall–Kier alpha value is -3.94. The van der Waals surface area contributed by atoms with Gasteiger partial charge in [-0.15, -0.1) is 10.2 Å². The van der Waals surface area contributed by atoms with Crippen LogP contribution >= 0.6 is 0 Å². The molecule has 1 atom stereocenters. The van der Waals surface area contributed by atoms with Crippen molar-refractivity contribution in [2.24, 2.45) is 0 Å². The van der Waals surface area contributed by atoms with Crippen LogP contribution in [0.1, 0.15) is 24.3 Å². The number of benzene rings is 2. The monoisotopic (exact) mass is 402 g/mol. The molecule has 30 heavy (non-hydrogen) atoms. The van der Waals surface area contributed by atoms with Crippen molar-refractivity contribution in [3.05, 3.63) is 84.3 Å². The van der Waals surface area contributed by atoms with Crippen LogP contribution in [-0.2, 0) is 13.0 Å². The van der Waals surface area contributed by atoms with E-state index in [1.54, 1.807) is 17.1 Å². The number of nitrogens with one attached hydrogen (secondary N) is 2. The first-order chi connectivity index (χ1) is 14.7. The van der Waals surface area contributed by atoms with Crippen molar-refractivity contribution in [1.29, 1.82) is 0 Å². The third-order valence-corrected chi connectivity index (χ3v) is 4.61. The predicted octanol–water partition coefficient (Wildman–Crippen LogP) is 4.06. The molecule has 4 rings (SSSR count). The Balaban J connectivity index is 1.28. The van der Waals surface area contributed by atoms with Crippen LogP contribution in [-0.4, -0.2) is 26.2 Å². The summed E-state index contributed by atoms with van der Waals surface area (Å²) in [5.41, 5.74) is 2.77. The van der Waals surface area contributed by atoms with Crippen molar-refractivity contribution in [2.75, 3.05) is 5.32 Å². The second kappa shape index (κ2) is 9.04. The highest BCUT2D eigenvalue weighted by Crippen LogP contribution is 2.15. The van der Waals surface area contributed by atoms with Crippen LogP contribution in [0, 0.1) is 0 Å².